The molecule has 108 valence electrons. The maximum Gasteiger partial charge on any atom is 0.0306 e. The molecule has 3 heteroatoms. The highest BCUT2D eigenvalue weighted by Crippen LogP contribution is 2.19. The Bertz CT molecular complexity index is 372. The topological polar surface area (TPSA) is 20.2 Å². The second-order valence-electron chi connectivity index (χ2n) is 5.88. The fourth-order valence-corrected chi connectivity index (χ4v) is 3.09. The lowest BCUT2D eigenvalue weighted by molar-refractivity contribution is 0.171. The molecule has 19 heavy (non-hydrogen) atoms. The quantitative estimate of drug-likeness (QED) is 0.851. The summed E-state index contributed by atoms with van der Waals surface area (Å²) >= 11 is 0. The van der Waals surface area contributed by atoms with Crippen LogP contribution in [-0.2, 0) is 6.54 Å². The molecule has 2 rings (SSSR count). The Hall–Kier alpha value is -0.800. The highest BCUT2D eigenvalue weighted by molar-refractivity contribution is 5.14. The van der Waals surface area contributed by atoms with Crippen molar-refractivity contribution in [3.05, 3.63) is 24.0 Å². The molecule has 1 aromatic rings. The second kappa shape index (κ2) is 7.11. The molecule has 0 aromatic carbocycles. The van der Waals surface area contributed by atoms with E-state index in [2.05, 4.69) is 54.1 Å². The standard InChI is InChI=1S/C16H29N3/c1-4-17-14(2)15-8-11-19(13-15)12-9-16-7-5-6-10-18(16)3/h8,11,13-14,16-17H,4-7,9-10,12H2,1-3H3. The van der Waals surface area contributed by atoms with Crippen LogP contribution in [0.5, 0.6) is 0 Å². The van der Waals surface area contributed by atoms with E-state index in [0.717, 1.165) is 19.1 Å². The summed E-state index contributed by atoms with van der Waals surface area (Å²) in [5.41, 5.74) is 1.40. The van der Waals surface area contributed by atoms with Gasteiger partial charge in [-0.25, -0.2) is 0 Å². The molecule has 3 nitrogen and oxygen atoms in total. The van der Waals surface area contributed by atoms with Crippen LogP contribution in [-0.4, -0.2) is 35.6 Å². The Morgan fingerprint density at radius 3 is 3.00 bits per heavy atom. The molecule has 1 aliphatic heterocycles. The number of aryl methyl sites for hydroxylation is 1. The van der Waals surface area contributed by atoms with Crippen molar-refractivity contribution < 1.29 is 0 Å². The molecule has 1 N–H and O–H groups in total. The van der Waals surface area contributed by atoms with Crippen molar-refractivity contribution in [1.82, 2.24) is 14.8 Å². The summed E-state index contributed by atoms with van der Waals surface area (Å²) < 4.78 is 2.35. The Kier molecular flexibility index (Phi) is 5.46. The van der Waals surface area contributed by atoms with E-state index in [0.29, 0.717) is 6.04 Å². The van der Waals surface area contributed by atoms with Crippen molar-refractivity contribution in [3.63, 3.8) is 0 Å². The summed E-state index contributed by atoms with van der Waals surface area (Å²) in [6.45, 7) is 7.84. The predicted octanol–water partition coefficient (Wildman–Crippen LogP) is 3.03. The van der Waals surface area contributed by atoms with E-state index in [1.807, 2.05) is 0 Å². The normalized spacial score (nSPS) is 22.6. The van der Waals surface area contributed by atoms with Gasteiger partial charge in [0.25, 0.3) is 0 Å². The van der Waals surface area contributed by atoms with E-state index < -0.39 is 0 Å². The minimum atomic E-state index is 0.462. The number of hydrogen-bond acceptors (Lipinski definition) is 2. The SMILES string of the molecule is CCNC(C)c1ccn(CCC2CCCCN2C)c1. The summed E-state index contributed by atoms with van der Waals surface area (Å²) in [4.78, 5) is 2.54. The molecule has 0 spiro atoms. The van der Waals surface area contributed by atoms with Gasteiger partial charge in [0.1, 0.15) is 0 Å². The third-order valence-electron chi connectivity index (χ3n) is 4.43. The lowest BCUT2D eigenvalue weighted by atomic mass is 10.0. The van der Waals surface area contributed by atoms with Gasteiger partial charge < -0.3 is 14.8 Å². The summed E-state index contributed by atoms with van der Waals surface area (Å²) in [5, 5.41) is 3.47. The summed E-state index contributed by atoms with van der Waals surface area (Å²) in [6.07, 6.45) is 9.96. The van der Waals surface area contributed by atoms with Crippen molar-refractivity contribution in [2.24, 2.45) is 0 Å². The van der Waals surface area contributed by atoms with Gasteiger partial charge in [0, 0.05) is 31.0 Å². The summed E-state index contributed by atoms with van der Waals surface area (Å²) in [7, 11) is 2.28. The number of piperidine rings is 1. The van der Waals surface area contributed by atoms with E-state index >= 15 is 0 Å². The molecule has 0 bridgehead atoms. The molecule has 2 heterocycles. The van der Waals surface area contributed by atoms with E-state index in [1.165, 1.54) is 37.8 Å². The average Bonchev–Trinajstić information content (AvgIpc) is 2.87. The fourth-order valence-electron chi connectivity index (χ4n) is 3.09. The van der Waals surface area contributed by atoms with E-state index in [9.17, 15) is 0 Å². The Morgan fingerprint density at radius 1 is 1.42 bits per heavy atom. The second-order valence-corrected chi connectivity index (χ2v) is 5.88. The van der Waals surface area contributed by atoms with Gasteiger partial charge in [-0.2, -0.15) is 0 Å². The van der Waals surface area contributed by atoms with Gasteiger partial charge in [-0.3, -0.25) is 0 Å². The molecule has 0 saturated carbocycles. The van der Waals surface area contributed by atoms with Crippen LogP contribution in [0.3, 0.4) is 0 Å². The zero-order chi connectivity index (χ0) is 13.7. The maximum atomic E-state index is 3.47. The Labute approximate surface area is 118 Å². The molecule has 1 saturated heterocycles. The van der Waals surface area contributed by atoms with Crippen molar-refractivity contribution in [2.45, 2.75) is 58.2 Å². The maximum absolute atomic E-state index is 3.47. The molecule has 1 aromatic heterocycles. The molecule has 1 aliphatic rings. The first-order valence-electron chi connectivity index (χ1n) is 7.80. The van der Waals surface area contributed by atoms with Crippen LogP contribution in [0.15, 0.2) is 18.5 Å². The van der Waals surface area contributed by atoms with Crippen molar-refractivity contribution >= 4 is 0 Å². The average molecular weight is 263 g/mol. The Morgan fingerprint density at radius 2 is 2.26 bits per heavy atom. The summed E-state index contributed by atoms with van der Waals surface area (Å²) in [6, 6.07) is 3.49. The third kappa shape index (κ3) is 4.08. The van der Waals surface area contributed by atoms with E-state index in [1.54, 1.807) is 0 Å². The smallest absolute Gasteiger partial charge is 0.0306 e. The lowest BCUT2D eigenvalue weighted by Crippen LogP contribution is -2.36. The van der Waals surface area contributed by atoms with Gasteiger partial charge in [-0.05, 0) is 58.0 Å². The minimum Gasteiger partial charge on any atom is -0.354 e. The lowest BCUT2D eigenvalue weighted by Gasteiger charge is -2.32. The zero-order valence-electron chi connectivity index (χ0n) is 12.7. The fraction of sp³-hybridized carbons (Fsp3) is 0.750. The number of hydrogen-bond donors (Lipinski definition) is 1. The van der Waals surface area contributed by atoms with Crippen LogP contribution >= 0.6 is 0 Å². The van der Waals surface area contributed by atoms with Crippen molar-refractivity contribution in [1.29, 1.82) is 0 Å². The monoisotopic (exact) mass is 263 g/mol. The van der Waals surface area contributed by atoms with Gasteiger partial charge in [0.15, 0.2) is 0 Å². The zero-order valence-corrected chi connectivity index (χ0v) is 12.7. The van der Waals surface area contributed by atoms with Crippen LogP contribution in [0.2, 0.25) is 0 Å². The first-order chi connectivity index (χ1) is 9.20. The largest absolute Gasteiger partial charge is 0.354 e. The van der Waals surface area contributed by atoms with Crippen LogP contribution in [0.4, 0.5) is 0 Å². The molecule has 0 radical (unpaired) electrons. The van der Waals surface area contributed by atoms with Crippen molar-refractivity contribution in [3.8, 4) is 0 Å². The predicted molar refractivity (Wildman–Crippen MR) is 81.4 cm³/mol. The van der Waals surface area contributed by atoms with Gasteiger partial charge in [-0.1, -0.05) is 13.3 Å². The molecular formula is C16H29N3. The van der Waals surface area contributed by atoms with E-state index in [-0.39, 0.29) is 0 Å². The van der Waals surface area contributed by atoms with Crippen LogP contribution < -0.4 is 5.32 Å². The van der Waals surface area contributed by atoms with Crippen LogP contribution in [0, 0.1) is 0 Å². The van der Waals surface area contributed by atoms with Crippen molar-refractivity contribution in [2.75, 3.05) is 20.1 Å². The highest BCUT2D eigenvalue weighted by atomic mass is 15.1. The first-order valence-corrected chi connectivity index (χ1v) is 7.80. The molecule has 0 amide bonds. The number of nitrogens with one attached hydrogen (secondary N) is 1. The molecule has 2 unspecified atom stereocenters. The molecule has 0 aliphatic carbocycles. The van der Waals surface area contributed by atoms with Gasteiger partial charge >= 0.3 is 0 Å². The number of likely N-dealkylation sites (tertiary alicyclic amines) is 1. The van der Waals surface area contributed by atoms with E-state index in [4.69, 9.17) is 0 Å². The highest BCUT2D eigenvalue weighted by Gasteiger charge is 2.18. The van der Waals surface area contributed by atoms with Gasteiger partial charge in [0.2, 0.25) is 0 Å². The third-order valence-corrected chi connectivity index (χ3v) is 4.43. The van der Waals surface area contributed by atoms with Gasteiger partial charge in [-0.15, -0.1) is 0 Å². The van der Waals surface area contributed by atoms with Crippen LogP contribution in [0.1, 0.15) is 51.1 Å². The summed E-state index contributed by atoms with van der Waals surface area (Å²) in [5.74, 6) is 0. The van der Waals surface area contributed by atoms with Crippen LogP contribution in [0.25, 0.3) is 0 Å². The number of aromatic nitrogens is 1. The number of rotatable bonds is 6. The minimum absolute atomic E-state index is 0.462. The van der Waals surface area contributed by atoms with Gasteiger partial charge in [0.05, 0.1) is 0 Å². The molecule has 1 fully saturated rings. The Balaban J connectivity index is 1.82. The number of nitrogens with zero attached hydrogens (tertiary/aromatic N) is 2. The molecular weight excluding hydrogens is 234 g/mol. The first kappa shape index (κ1) is 14.6. The molecule has 2 atom stereocenters.